The van der Waals surface area contributed by atoms with Gasteiger partial charge in [0.1, 0.15) is 0 Å². The molecule has 0 saturated carbocycles. The summed E-state index contributed by atoms with van der Waals surface area (Å²) in [5.41, 5.74) is 0. The fourth-order valence-corrected chi connectivity index (χ4v) is 2.38. The molecule has 1 aliphatic rings. The molecule has 0 radical (unpaired) electrons. The van der Waals surface area contributed by atoms with E-state index in [0.29, 0.717) is 26.3 Å². The van der Waals surface area contributed by atoms with E-state index >= 15 is 0 Å². The van der Waals surface area contributed by atoms with E-state index in [4.69, 9.17) is 38.8 Å². The molecular formula is C5H8Cl3N2O2P. The summed E-state index contributed by atoms with van der Waals surface area (Å²) in [5.74, 6) is -3.47. The lowest BCUT2D eigenvalue weighted by atomic mass is 10.5. The predicted octanol–water partition coefficient (Wildman–Crippen LogP) is 2.50. The van der Waals surface area contributed by atoms with Gasteiger partial charge in [-0.3, -0.25) is 4.57 Å². The summed E-state index contributed by atoms with van der Waals surface area (Å²) in [7, 11) is 0. The van der Waals surface area contributed by atoms with Crippen molar-refractivity contribution in [2.24, 2.45) is 4.76 Å². The molecule has 0 aromatic heterocycles. The van der Waals surface area contributed by atoms with Crippen molar-refractivity contribution in [3.63, 3.8) is 0 Å². The van der Waals surface area contributed by atoms with E-state index < -0.39 is 6.00 Å². The molecule has 0 aromatic rings. The lowest BCUT2D eigenvalue weighted by Gasteiger charge is -2.26. The van der Waals surface area contributed by atoms with E-state index in [9.17, 15) is 4.57 Å². The van der Waals surface area contributed by atoms with Gasteiger partial charge < -0.3 is 9.64 Å². The van der Waals surface area contributed by atoms with E-state index in [-0.39, 0.29) is 5.29 Å². The number of nitrogens with zero attached hydrogens (tertiary/aromatic N) is 2. The van der Waals surface area contributed by atoms with Crippen molar-refractivity contribution >= 4 is 45.4 Å². The second-order valence-electron chi connectivity index (χ2n) is 2.40. The second-order valence-corrected chi connectivity index (χ2v) is 7.08. The summed E-state index contributed by atoms with van der Waals surface area (Å²) in [6, 6.07) is 0. The summed E-state index contributed by atoms with van der Waals surface area (Å²) in [6.07, 6.45) is 0. The van der Waals surface area contributed by atoms with Gasteiger partial charge in [0.15, 0.2) is 0 Å². The second kappa shape index (κ2) is 4.85. The van der Waals surface area contributed by atoms with Crippen molar-refractivity contribution in [3.05, 3.63) is 0 Å². The van der Waals surface area contributed by atoms with E-state index in [1.54, 1.807) is 4.90 Å². The Hall–Kier alpha value is 0.530. The van der Waals surface area contributed by atoms with Gasteiger partial charge >= 0.3 is 6.00 Å². The molecule has 1 heterocycles. The number of ether oxygens (including phenoxy) is 1. The zero-order valence-electron chi connectivity index (χ0n) is 6.62. The summed E-state index contributed by atoms with van der Waals surface area (Å²) in [6.45, 7) is 2.35. The molecule has 0 spiro atoms. The molecular weight excluding hydrogens is 257 g/mol. The average molecular weight is 265 g/mol. The number of amidine groups is 1. The maximum atomic E-state index is 10.9. The number of hydrogen-bond acceptors (Lipinski definition) is 2. The van der Waals surface area contributed by atoms with Crippen molar-refractivity contribution in [2.45, 2.75) is 0 Å². The molecule has 1 aliphatic heterocycles. The Morgan fingerprint density at radius 1 is 1.38 bits per heavy atom. The van der Waals surface area contributed by atoms with Gasteiger partial charge in [0, 0.05) is 13.1 Å². The van der Waals surface area contributed by atoms with Crippen molar-refractivity contribution < 1.29 is 9.30 Å². The van der Waals surface area contributed by atoms with Gasteiger partial charge in [-0.2, -0.15) is 4.76 Å². The van der Waals surface area contributed by atoms with Crippen LogP contribution in [-0.4, -0.2) is 36.5 Å². The Morgan fingerprint density at radius 2 is 1.92 bits per heavy atom. The fourth-order valence-electron chi connectivity index (χ4n) is 0.907. The quantitative estimate of drug-likeness (QED) is 0.317. The average Bonchev–Trinajstić information content (AvgIpc) is 2.03. The van der Waals surface area contributed by atoms with Crippen LogP contribution in [0.4, 0.5) is 0 Å². The van der Waals surface area contributed by atoms with Crippen molar-refractivity contribution in [2.75, 3.05) is 26.3 Å². The van der Waals surface area contributed by atoms with Gasteiger partial charge in [-0.05, 0) is 34.1 Å². The van der Waals surface area contributed by atoms with Crippen LogP contribution in [-0.2, 0) is 9.30 Å². The van der Waals surface area contributed by atoms with Crippen LogP contribution in [0.3, 0.4) is 0 Å². The fraction of sp³-hybridized carbons (Fsp3) is 0.800. The summed E-state index contributed by atoms with van der Waals surface area (Å²) in [4.78, 5) is 1.71. The number of rotatable bonds is 1. The van der Waals surface area contributed by atoms with Crippen molar-refractivity contribution in [1.29, 1.82) is 0 Å². The summed E-state index contributed by atoms with van der Waals surface area (Å²) >= 11 is 16.2. The Morgan fingerprint density at radius 3 is 2.38 bits per heavy atom. The molecule has 1 saturated heterocycles. The molecule has 0 aromatic carbocycles. The van der Waals surface area contributed by atoms with Crippen molar-refractivity contribution in [3.8, 4) is 0 Å². The molecule has 0 N–H and O–H groups in total. The van der Waals surface area contributed by atoms with E-state index in [1.165, 1.54) is 0 Å². The van der Waals surface area contributed by atoms with Gasteiger partial charge in [-0.15, -0.1) is 0 Å². The number of halogens is 3. The first-order chi connectivity index (χ1) is 5.99. The maximum absolute atomic E-state index is 10.9. The van der Waals surface area contributed by atoms with Crippen LogP contribution < -0.4 is 0 Å². The van der Waals surface area contributed by atoms with Gasteiger partial charge in [0.2, 0.25) is 5.29 Å². The largest absolute Gasteiger partial charge is 0.378 e. The summed E-state index contributed by atoms with van der Waals surface area (Å²) in [5, 5.41) is 0.0802. The molecule has 0 unspecified atom stereocenters. The van der Waals surface area contributed by atoms with Crippen LogP contribution in [0.2, 0.25) is 0 Å². The Bertz CT molecular complexity index is 248. The Kier molecular flexibility index (Phi) is 4.33. The molecule has 0 bridgehead atoms. The topological polar surface area (TPSA) is 41.9 Å². The zero-order chi connectivity index (χ0) is 9.90. The van der Waals surface area contributed by atoms with Gasteiger partial charge in [0.05, 0.1) is 13.2 Å². The monoisotopic (exact) mass is 264 g/mol. The highest BCUT2D eigenvalue weighted by Gasteiger charge is 2.18. The van der Waals surface area contributed by atoms with Crippen LogP contribution in [0.1, 0.15) is 0 Å². The third kappa shape index (κ3) is 4.52. The molecule has 0 atom stereocenters. The molecule has 1 rings (SSSR count). The predicted molar refractivity (Wildman–Crippen MR) is 55.0 cm³/mol. The highest BCUT2D eigenvalue weighted by Crippen LogP contribution is 2.58. The molecule has 4 nitrogen and oxygen atoms in total. The minimum atomic E-state index is -3.47. The third-order valence-corrected chi connectivity index (χ3v) is 2.79. The third-order valence-electron chi connectivity index (χ3n) is 1.47. The Balaban J connectivity index is 2.60. The maximum Gasteiger partial charge on any atom is 0.366 e. The molecule has 13 heavy (non-hydrogen) atoms. The Labute approximate surface area is 90.8 Å². The van der Waals surface area contributed by atoms with E-state index in [1.807, 2.05) is 0 Å². The first-order valence-electron chi connectivity index (χ1n) is 3.57. The van der Waals surface area contributed by atoms with Gasteiger partial charge in [0.25, 0.3) is 0 Å². The van der Waals surface area contributed by atoms with Crippen LogP contribution in [0.5, 0.6) is 0 Å². The minimum Gasteiger partial charge on any atom is -0.378 e. The first-order valence-corrected chi connectivity index (χ1v) is 7.41. The number of morpholine rings is 1. The number of hydrogen-bond donors (Lipinski definition) is 0. The highest BCUT2D eigenvalue weighted by atomic mass is 35.9. The van der Waals surface area contributed by atoms with E-state index in [0.717, 1.165) is 0 Å². The standard InChI is InChI=1S/C5H8Cl3N2O2P/c6-5(9-13(7,8)11)10-1-3-12-4-2-10/h1-4H2. The molecule has 8 heteroatoms. The van der Waals surface area contributed by atoms with Crippen LogP contribution >= 0.6 is 40.1 Å². The normalized spacial score (nSPS) is 20.5. The van der Waals surface area contributed by atoms with Crippen molar-refractivity contribution in [1.82, 2.24) is 4.90 Å². The molecule has 0 amide bonds. The smallest absolute Gasteiger partial charge is 0.366 e. The molecule has 1 fully saturated rings. The first kappa shape index (κ1) is 11.6. The molecule has 76 valence electrons. The van der Waals surface area contributed by atoms with Crippen LogP contribution in [0.15, 0.2) is 4.76 Å². The minimum absolute atomic E-state index is 0.0802. The summed E-state index contributed by atoms with van der Waals surface area (Å²) < 4.78 is 19.4. The zero-order valence-corrected chi connectivity index (χ0v) is 9.78. The lowest BCUT2D eigenvalue weighted by molar-refractivity contribution is 0.0692. The van der Waals surface area contributed by atoms with Gasteiger partial charge in [-0.25, -0.2) is 0 Å². The molecule has 0 aliphatic carbocycles. The lowest BCUT2D eigenvalue weighted by Crippen LogP contribution is -2.38. The van der Waals surface area contributed by atoms with Gasteiger partial charge in [-0.1, -0.05) is 0 Å². The van der Waals surface area contributed by atoms with E-state index in [2.05, 4.69) is 4.76 Å². The van der Waals surface area contributed by atoms with Crippen LogP contribution in [0, 0.1) is 0 Å². The van der Waals surface area contributed by atoms with Crippen LogP contribution in [0.25, 0.3) is 0 Å². The highest BCUT2D eigenvalue weighted by molar-refractivity contribution is 8.07. The SMILES string of the molecule is O=P(Cl)(Cl)N=C(Cl)N1CCOCC1.